The molecule has 1 N–H and O–H groups in total. The molecule has 1 atom stereocenters. The molecule has 0 aliphatic rings. The number of halogens is 2. The Balaban J connectivity index is 2.02. The van der Waals surface area contributed by atoms with E-state index in [1.54, 1.807) is 31.2 Å². The fourth-order valence-electron chi connectivity index (χ4n) is 2.79. The van der Waals surface area contributed by atoms with E-state index in [1.165, 1.54) is 17.8 Å². The van der Waals surface area contributed by atoms with Crippen LogP contribution in [0.4, 0.5) is 0 Å². The van der Waals surface area contributed by atoms with Crippen LogP contribution in [0.1, 0.15) is 25.2 Å². The van der Waals surface area contributed by atoms with E-state index in [2.05, 4.69) is 26.0 Å². The molecule has 0 spiro atoms. The number of hydrogen-bond donors (Lipinski definition) is 1. The average Bonchev–Trinajstić information content (AvgIpc) is 2.71. The van der Waals surface area contributed by atoms with Gasteiger partial charge in [0, 0.05) is 4.47 Å². The van der Waals surface area contributed by atoms with E-state index < -0.39 is 12.1 Å². The van der Waals surface area contributed by atoms with Gasteiger partial charge in [0.25, 0.3) is 5.56 Å². The van der Waals surface area contributed by atoms with Crippen LogP contribution < -0.4 is 15.0 Å². The summed E-state index contributed by atoms with van der Waals surface area (Å²) in [6.45, 7) is 5.35. The molecule has 0 bridgehead atoms. The van der Waals surface area contributed by atoms with Crippen LogP contribution >= 0.6 is 38.5 Å². The molecule has 0 fully saturated rings. The van der Waals surface area contributed by atoms with Crippen molar-refractivity contribution in [1.82, 2.24) is 9.66 Å². The van der Waals surface area contributed by atoms with Crippen molar-refractivity contribution in [2.75, 3.05) is 6.61 Å². The van der Waals surface area contributed by atoms with Gasteiger partial charge in [-0.25, -0.2) is 9.78 Å². The molecule has 31 heavy (non-hydrogen) atoms. The van der Waals surface area contributed by atoms with Gasteiger partial charge in [0.2, 0.25) is 0 Å². The van der Waals surface area contributed by atoms with Crippen LogP contribution in [0, 0.1) is 10.5 Å². The topological polar surface area (TPSA) is 103 Å². The smallest absolute Gasteiger partial charge is 0.344 e. The van der Waals surface area contributed by atoms with Crippen molar-refractivity contribution in [3.05, 3.63) is 60.1 Å². The Kier molecular flexibility index (Phi) is 7.31. The number of carbonyl (C=O) groups is 1. The van der Waals surface area contributed by atoms with Crippen LogP contribution in [0.25, 0.3) is 10.9 Å². The van der Waals surface area contributed by atoms with E-state index in [9.17, 15) is 9.59 Å². The number of hydrogen-bond acceptors (Lipinski definition) is 6. The molecule has 1 aromatic heterocycles. The highest BCUT2D eigenvalue weighted by molar-refractivity contribution is 14.1. The first-order valence-electron chi connectivity index (χ1n) is 9.30. The predicted molar refractivity (Wildman–Crippen MR) is 129 cm³/mol. The number of aliphatic carboxylic acids is 1. The fourth-order valence-corrected chi connectivity index (χ4v) is 3.90. The number of carboxylic acid groups (broad SMARTS) is 1. The molecule has 10 heteroatoms. The number of aromatic nitrogens is 2. The quantitative estimate of drug-likeness (QED) is 0.322. The summed E-state index contributed by atoms with van der Waals surface area (Å²) in [4.78, 5) is 28.5. The molecule has 0 radical (unpaired) electrons. The van der Waals surface area contributed by atoms with Crippen molar-refractivity contribution < 1.29 is 19.4 Å². The molecule has 2 aromatic carbocycles. The minimum absolute atomic E-state index is 0.282. The summed E-state index contributed by atoms with van der Waals surface area (Å²) < 4.78 is 13.9. The summed E-state index contributed by atoms with van der Waals surface area (Å²) in [7, 11) is 0. The van der Waals surface area contributed by atoms with Gasteiger partial charge in [0.05, 0.1) is 27.3 Å². The normalized spacial score (nSPS) is 12.3. The SMILES string of the molecule is CCOc1cc(C=Nn2c(C)nc3ccc(Br)cc3c2=O)cc(I)c1O[C@H](C)C(=O)O. The van der Waals surface area contributed by atoms with Crippen LogP contribution in [-0.2, 0) is 4.79 Å². The maximum absolute atomic E-state index is 12.9. The lowest BCUT2D eigenvalue weighted by Crippen LogP contribution is -2.23. The fraction of sp³-hybridized carbons (Fsp3) is 0.238. The van der Waals surface area contributed by atoms with Gasteiger partial charge in [-0.1, -0.05) is 15.9 Å². The second-order valence-corrected chi connectivity index (χ2v) is 8.62. The molecule has 3 rings (SSSR count). The molecular formula is C21H19BrIN3O5. The van der Waals surface area contributed by atoms with Gasteiger partial charge in [-0.2, -0.15) is 9.78 Å². The number of nitrogens with zero attached hydrogens (tertiary/aromatic N) is 3. The van der Waals surface area contributed by atoms with Gasteiger partial charge >= 0.3 is 5.97 Å². The third-order valence-electron chi connectivity index (χ3n) is 4.27. The number of carboxylic acids is 1. The predicted octanol–water partition coefficient (Wildman–Crippen LogP) is 4.20. The zero-order valence-electron chi connectivity index (χ0n) is 16.9. The summed E-state index contributed by atoms with van der Waals surface area (Å²) >= 11 is 5.42. The van der Waals surface area contributed by atoms with Crippen molar-refractivity contribution in [1.29, 1.82) is 0 Å². The zero-order valence-corrected chi connectivity index (χ0v) is 20.7. The molecule has 0 aliphatic carbocycles. The van der Waals surface area contributed by atoms with Crippen molar-refractivity contribution in [3.63, 3.8) is 0 Å². The van der Waals surface area contributed by atoms with Crippen molar-refractivity contribution in [2.24, 2.45) is 5.10 Å². The van der Waals surface area contributed by atoms with Crippen LogP contribution in [0.3, 0.4) is 0 Å². The number of benzene rings is 2. The summed E-state index contributed by atoms with van der Waals surface area (Å²) in [6.07, 6.45) is 0.492. The molecule has 0 saturated heterocycles. The first-order valence-corrected chi connectivity index (χ1v) is 11.2. The van der Waals surface area contributed by atoms with Crippen molar-refractivity contribution in [3.8, 4) is 11.5 Å². The second kappa shape index (κ2) is 9.77. The Morgan fingerprint density at radius 1 is 1.39 bits per heavy atom. The molecule has 0 amide bonds. The third kappa shape index (κ3) is 5.24. The lowest BCUT2D eigenvalue weighted by atomic mass is 10.2. The molecule has 0 saturated carbocycles. The molecule has 1 heterocycles. The first kappa shape index (κ1) is 23.2. The number of rotatable bonds is 7. The van der Waals surface area contributed by atoms with E-state index in [-0.39, 0.29) is 5.56 Å². The highest BCUT2D eigenvalue weighted by Crippen LogP contribution is 2.34. The highest BCUT2D eigenvalue weighted by Gasteiger charge is 2.19. The molecule has 3 aromatic rings. The van der Waals surface area contributed by atoms with Gasteiger partial charge in [-0.15, -0.1) is 0 Å². The van der Waals surface area contributed by atoms with E-state index >= 15 is 0 Å². The average molecular weight is 600 g/mol. The third-order valence-corrected chi connectivity index (χ3v) is 5.56. The van der Waals surface area contributed by atoms with E-state index in [0.717, 1.165) is 4.47 Å². The van der Waals surface area contributed by atoms with Crippen molar-refractivity contribution >= 4 is 61.6 Å². The zero-order chi connectivity index (χ0) is 22.7. The largest absolute Gasteiger partial charge is 0.490 e. The van der Waals surface area contributed by atoms with Gasteiger partial charge in [0.15, 0.2) is 17.6 Å². The van der Waals surface area contributed by atoms with Crippen LogP contribution in [0.5, 0.6) is 11.5 Å². The van der Waals surface area contributed by atoms with E-state index in [4.69, 9.17) is 14.6 Å². The summed E-state index contributed by atoms with van der Waals surface area (Å²) in [5, 5.41) is 13.9. The molecule has 0 aliphatic heterocycles. The minimum atomic E-state index is -1.07. The Morgan fingerprint density at radius 3 is 2.81 bits per heavy atom. The first-order chi connectivity index (χ1) is 14.7. The monoisotopic (exact) mass is 599 g/mol. The standard InChI is InChI=1S/C21H19BrIN3O5/c1-4-30-18-8-13(7-16(23)19(18)31-11(2)21(28)29)10-24-26-12(3)25-17-6-5-14(22)9-15(17)20(26)27/h5-11H,4H2,1-3H3,(H,28,29)/t11-/m1/s1. The Morgan fingerprint density at radius 2 is 2.13 bits per heavy atom. The maximum Gasteiger partial charge on any atom is 0.344 e. The number of aryl methyl sites for hydroxylation is 1. The number of fused-ring (bicyclic) bond motifs is 1. The second-order valence-electron chi connectivity index (χ2n) is 6.54. The highest BCUT2D eigenvalue weighted by atomic mass is 127. The lowest BCUT2D eigenvalue weighted by molar-refractivity contribution is -0.144. The van der Waals surface area contributed by atoms with Gasteiger partial charge in [-0.3, -0.25) is 4.79 Å². The van der Waals surface area contributed by atoms with Crippen LogP contribution in [0.15, 0.2) is 44.7 Å². The summed E-state index contributed by atoms with van der Waals surface area (Å²) in [5.74, 6) is 0.119. The Bertz CT molecular complexity index is 1240. The Labute approximate surface area is 200 Å². The molecule has 8 nitrogen and oxygen atoms in total. The van der Waals surface area contributed by atoms with E-state index in [1.807, 2.05) is 35.6 Å². The maximum atomic E-state index is 12.9. The molecule has 0 unspecified atom stereocenters. The van der Waals surface area contributed by atoms with Gasteiger partial charge in [0.1, 0.15) is 5.82 Å². The van der Waals surface area contributed by atoms with E-state index in [0.29, 0.717) is 44.0 Å². The lowest BCUT2D eigenvalue weighted by Gasteiger charge is -2.17. The van der Waals surface area contributed by atoms with Gasteiger partial charge < -0.3 is 14.6 Å². The number of ether oxygens (including phenoxy) is 2. The van der Waals surface area contributed by atoms with Gasteiger partial charge in [-0.05, 0) is 79.3 Å². The Hall–Kier alpha value is -2.47. The van der Waals surface area contributed by atoms with Crippen LogP contribution in [0.2, 0.25) is 0 Å². The summed E-state index contributed by atoms with van der Waals surface area (Å²) in [5.41, 5.74) is 0.971. The minimum Gasteiger partial charge on any atom is -0.490 e. The van der Waals surface area contributed by atoms with Crippen LogP contribution in [-0.4, -0.2) is 39.7 Å². The molecular weight excluding hydrogens is 581 g/mol. The summed E-state index contributed by atoms with van der Waals surface area (Å²) in [6, 6.07) is 8.76. The molecule has 162 valence electrons. The van der Waals surface area contributed by atoms with Crippen molar-refractivity contribution in [2.45, 2.75) is 26.9 Å².